The molecule has 0 amide bonds. The SMILES string of the molecule is COc1cccc(-c2noc(CN(C)c3cccc4ccccc34)n2)c1. The van der Waals surface area contributed by atoms with Crippen LogP contribution in [0.5, 0.6) is 5.75 Å². The van der Waals surface area contributed by atoms with Crippen molar-refractivity contribution in [2.45, 2.75) is 6.54 Å². The first-order valence-corrected chi connectivity index (χ1v) is 8.40. The molecule has 130 valence electrons. The molecule has 1 aromatic heterocycles. The highest BCUT2D eigenvalue weighted by molar-refractivity contribution is 5.94. The molecule has 5 nitrogen and oxygen atoms in total. The van der Waals surface area contributed by atoms with Crippen LogP contribution in [-0.2, 0) is 6.54 Å². The fraction of sp³-hybridized carbons (Fsp3) is 0.143. The van der Waals surface area contributed by atoms with Gasteiger partial charge in [0.25, 0.3) is 0 Å². The molecule has 0 saturated heterocycles. The zero-order valence-electron chi connectivity index (χ0n) is 14.7. The first-order chi connectivity index (χ1) is 12.7. The number of hydrogen-bond acceptors (Lipinski definition) is 5. The average molecular weight is 345 g/mol. The van der Waals surface area contributed by atoms with E-state index in [1.807, 2.05) is 43.4 Å². The van der Waals surface area contributed by atoms with Gasteiger partial charge in [0.15, 0.2) is 0 Å². The van der Waals surface area contributed by atoms with Gasteiger partial charge in [0.05, 0.1) is 13.7 Å². The summed E-state index contributed by atoms with van der Waals surface area (Å²) in [4.78, 5) is 6.64. The third-order valence-corrected chi connectivity index (χ3v) is 4.35. The highest BCUT2D eigenvalue weighted by Gasteiger charge is 2.13. The van der Waals surface area contributed by atoms with E-state index in [-0.39, 0.29) is 0 Å². The van der Waals surface area contributed by atoms with Gasteiger partial charge in [-0.2, -0.15) is 4.98 Å². The first kappa shape index (κ1) is 16.1. The van der Waals surface area contributed by atoms with Crippen molar-refractivity contribution in [1.29, 1.82) is 0 Å². The Morgan fingerprint density at radius 3 is 2.69 bits per heavy atom. The van der Waals surface area contributed by atoms with Crippen LogP contribution in [-0.4, -0.2) is 24.3 Å². The van der Waals surface area contributed by atoms with Crippen LogP contribution in [0.1, 0.15) is 5.89 Å². The monoisotopic (exact) mass is 345 g/mol. The van der Waals surface area contributed by atoms with E-state index in [0.717, 1.165) is 17.0 Å². The average Bonchev–Trinajstić information content (AvgIpc) is 3.16. The van der Waals surface area contributed by atoms with E-state index in [2.05, 4.69) is 45.4 Å². The van der Waals surface area contributed by atoms with Gasteiger partial charge in [0.2, 0.25) is 11.7 Å². The van der Waals surface area contributed by atoms with E-state index < -0.39 is 0 Å². The van der Waals surface area contributed by atoms with Crippen molar-refractivity contribution in [1.82, 2.24) is 10.1 Å². The first-order valence-electron chi connectivity index (χ1n) is 8.40. The molecule has 0 unspecified atom stereocenters. The second kappa shape index (κ2) is 6.88. The summed E-state index contributed by atoms with van der Waals surface area (Å²) in [5.41, 5.74) is 2.00. The summed E-state index contributed by atoms with van der Waals surface area (Å²) in [7, 11) is 3.66. The second-order valence-electron chi connectivity index (χ2n) is 6.10. The molecule has 4 rings (SSSR count). The van der Waals surface area contributed by atoms with Crippen LogP contribution < -0.4 is 9.64 Å². The number of aromatic nitrogens is 2. The van der Waals surface area contributed by atoms with Crippen molar-refractivity contribution in [2.24, 2.45) is 0 Å². The van der Waals surface area contributed by atoms with Crippen molar-refractivity contribution >= 4 is 16.5 Å². The van der Waals surface area contributed by atoms with Gasteiger partial charge in [-0.3, -0.25) is 0 Å². The number of hydrogen-bond donors (Lipinski definition) is 0. The molecule has 0 aliphatic heterocycles. The lowest BCUT2D eigenvalue weighted by Crippen LogP contribution is -2.16. The van der Waals surface area contributed by atoms with Crippen molar-refractivity contribution in [2.75, 3.05) is 19.1 Å². The van der Waals surface area contributed by atoms with E-state index in [0.29, 0.717) is 18.3 Å². The minimum absolute atomic E-state index is 0.533. The molecule has 0 aliphatic carbocycles. The van der Waals surface area contributed by atoms with Crippen molar-refractivity contribution in [3.8, 4) is 17.1 Å². The molecule has 0 saturated carbocycles. The topological polar surface area (TPSA) is 51.4 Å². The number of benzene rings is 3. The number of rotatable bonds is 5. The molecule has 0 atom stereocenters. The Hall–Kier alpha value is -3.34. The summed E-state index contributed by atoms with van der Waals surface area (Å²) < 4.78 is 10.7. The number of ether oxygens (including phenoxy) is 1. The maximum Gasteiger partial charge on any atom is 0.246 e. The lowest BCUT2D eigenvalue weighted by Gasteiger charge is -2.19. The Balaban J connectivity index is 1.58. The fourth-order valence-electron chi connectivity index (χ4n) is 3.03. The summed E-state index contributed by atoms with van der Waals surface area (Å²) >= 11 is 0. The molecular formula is C21H19N3O2. The van der Waals surface area contributed by atoms with Crippen molar-refractivity contribution < 1.29 is 9.26 Å². The van der Waals surface area contributed by atoms with Crippen LogP contribution in [0, 0.1) is 0 Å². The summed E-state index contributed by atoms with van der Waals surface area (Å²) in [5, 5.41) is 6.51. The van der Waals surface area contributed by atoms with Crippen LogP contribution >= 0.6 is 0 Å². The summed E-state index contributed by atoms with van der Waals surface area (Å²) in [6.07, 6.45) is 0. The van der Waals surface area contributed by atoms with Gasteiger partial charge in [-0.25, -0.2) is 0 Å². The normalized spacial score (nSPS) is 10.8. The maximum atomic E-state index is 5.45. The van der Waals surface area contributed by atoms with E-state index in [1.165, 1.54) is 10.8 Å². The Bertz CT molecular complexity index is 1040. The smallest absolute Gasteiger partial charge is 0.246 e. The Morgan fingerprint density at radius 1 is 1.00 bits per heavy atom. The minimum Gasteiger partial charge on any atom is -0.497 e. The van der Waals surface area contributed by atoms with Crippen molar-refractivity contribution in [3.63, 3.8) is 0 Å². The van der Waals surface area contributed by atoms with Crippen LogP contribution in [0.25, 0.3) is 22.2 Å². The third-order valence-electron chi connectivity index (χ3n) is 4.35. The zero-order chi connectivity index (χ0) is 17.9. The largest absolute Gasteiger partial charge is 0.497 e. The molecule has 0 fully saturated rings. The van der Waals surface area contributed by atoms with Gasteiger partial charge in [-0.1, -0.05) is 53.7 Å². The zero-order valence-corrected chi connectivity index (χ0v) is 14.7. The quantitative estimate of drug-likeness (QED) is 0.532. The van der Waals surface area contributed by atoms with Gasteiger partial charge in [-0.15, -0.1) is 0 Å². The van der Waals surface area contributed by atoms with Crippen molar-refractivity contribution in [3.05, 3.63) is 72.6 Å². The predicted molar refractivity (Wildman–Crippen MR) is 102 cm³/mol. The molecule has 4 aromatic rings. The second-order valence-corrected chi connectivity index (χ2v) is 6.10. The Labute approximate surface area is 151 Å². The van der Waals surface area contributed by atoms with E-state index in [9.17, 15) is 0 Å². The molecule has 5 heteroatoms. The van der Waals surface area contributed by atoms with Gasteiger partial charge in [-0.05, 0) is 23.6 Å². The molecule has 0 radical (unpaired) electrons. The lowest BCUT2D eigenvalue weighted by molar-refractivity contribution is 0.378. The number of nitrogens with zero attached hydrogens (tertiary/aromatic N) is 3. The Kier molecular flexibility index (Phi) is 4.27. The summed E-state index contributed by atoms with van der Waals surface area (Å²) in [6.45, 7) is 0.533. The van der Waals surface area contributed by atoms with Gasteiger partial charge < -0.3 is 14.2 Å². The van der Waals surface area contributed by atoms with E-state index in [4.69, 9.17) is 9.26 Å². The van der Waals surface area contributed by atoms with Crippen LogP contribution in [0.15, 0.2) is 71.3 Å². The highest BCUT2D eigenvalue weighted by Crippen LogP contribution is 2.27. The molecule has 0 aliphatic rings. The molecule has 0 spiro atoms. The standard InChI is InChI=1S/C21H19N3O2/c1-24(19-12-6-8-15-7-3-4-11-18(15)19)14-20-22-21(23-26-20)16-9-5-10-17(13-16)25-2/h3-13H,14H2,1-2H3. The minimum atomic E-state index is 0.533. The molecule has 1 heterocycles. The van der Waals surface area contributed by atoms with Gasteiger partial charge in [0.1, 0.15) is 5.75 Å². The third kappa shape index (κ3) is 3.11. The van der Waals surface area contributed by atoms with Gasteiger partial charge in [0, 0.05) is 23.7 Å². The predicted octanol–water partition coefficient (Wildman–Crippen LogP) is 4.53. The Morgan fingerprint density at radius 2 is 1.81 bits per heavy atom. The molecule has 0 bridgehead atoms. The number of fused-ring (bicyclic) bond motifs is 1. The molecular weight excluding hydrogens is 326 g/mol. The van der Waals surface area contributed by atoms with E-state index >= 15 is 0 Å². The number of methoxy groups -OCH3 is 1. The lowest BCUT2D eigenvalue weighted by atomic mass is 10.1. The summed E-state index contributed by atoms with van der Waals surface area (Å²) in [6, 6.07) is 22.2. The number of anilines is 1. The van der Waals surface area contributed by atoms with Crippen LogP contribution in [0.4, 0.5) is 5.69 Å². The molecule has 0 N–H and O–H groups in total. The maximum absolute atomic E-state index is 5.45. The van der Waals surface area contributed by atoms with Crippen LogP contribution in [0.3, 0.4) is 0 Å². The molecule has 3 aromatic carbocycles. The summed E-state index contributed by atoms with van der Waals surface area (Å²) in [5.74, 6) is 1.89. The molecule has 26 heavy (non-hydrogen) atoms. The van der Waals surface area contributed by atoms with Crippen LogP contribution in [0.2, 0.25) is 0 Å². The fourth-order valence-corrected chi connectivity index (χ4v) is 3.03. The van der Waals surface area contributed by atoms with Gasteiger partial charge >= 0.3 is 0 Å². The highest BCUT2D eigenvalue weighted by atomic mass is 16.5. The van der Waals surface area contributed by atoms with E-state index in [1.54, 1.807) is 7.11 Å².